The van der Waals surface area contributed by atoms with Crippen LogP contribution in [0.3, 0.4) is 0 Å². The summed E-state index contributed by atoms with van der Waals surface area (Å²) in [5.74, 6) is -0.224. The Bertz CT molecular complexity index is 745. The van der Waals surface area contributed by atoms with Crippen LogP contribution in [0.5, 0.6) is 0 Å². The van der Waals surface area contributed by atoms with E-state index in [0.717, 1.165) is 21.7 Å². The maximum Gasteiger partial charge on any atom is 0.238 e. The van der Waals surface area contributed by atoms with E-state index < -0.39 is 0 Å². The van der Waals surface area contributed by atoms with E-state index in [9.17, 15) is 9.59 Å². The zero-order valence-electron chi connectivity index (χ0n) is 12.8. The van der Waals surface area contributed by atoms with Gasteiger partial charge in [-0.2, -0.15) is 0 Å². The first-order valence-corrected chi connectivity index (χ1v) is 8.38. The van der Waals surface area contributed by atoms with E-state index in [2.05, 4.69) is 10.6 Å². The number of carbonyl (C=O) groups excluding carboxylic acids is 2. The van der Waals surface area contributed by atoms with Crippen LogP contribution in [0.1, 0.15) is 17.5 Å². The number of amides is 2. The third-order valence-corrected chi connectivity index (χ3v) is 4.92. The maximum absolute atomic E-state index is 12.1. The van der Waals surface area contributed by atoms with Gasteiger partial charge in [0.1, 0.15) is 0 Å². The Labute approximate surface area is 139 Å². The first-order chi connectivity index (χ1) is 11.1. The summed E-state index contributed by atoms with van der Waals surface area (Å²) in [5.41, 5.74) is 3.04. The molecule has 118 valence electrons. The quantitative estimate of drug-likeness (QED) is 0.907. The standard InChI is InChI=1S/C18H18N2O2S/c1-12-5-4-6-13(9-12)11-19-17(21)10-16-18(22)20-14-7-2-3-8-15(14)23-16/h2-9,16H,10-11H2,1H3,(H,19,21)(H,20,22). The van der Waals surface area contributed by atoms with Crippen molar-refractivity contribution in [1.82, 2.24) is 5.32 Å². The Morgan fingerprint density at radius 1 is 1.22 bits per heavy atom. The van der Waals surface area contributed by atoms with Crippen LogP contribution in [0.4, 0.5) is 5.69 Å². The number of carbonyl (C=O) groups is 2. The summed E-state index contributed by atoms with van der Waals surface area (Å²) >= 11 is 1.44. The molecule has 3 rings (SSSR count). The number of fused-ring (bicyclic) bond motifs is 1. The van der Waals surface area contributed by atoms with E-state index in [1.807, 2.05) is 55.5 Å². The molecule has 0 saturated carbocycles. The molecule has 23 heavy (non-hydrogen) atoms. The zero-order valence-corrected chi connectivity index (χ0v) is 13.7. The van der Waals surface area contributed by atoms with Crippen molar-refractivity contribution in [3.05, 3.63) is 59.7 Å². The van der Waals surface area contributed by atoms with Crippen molar-refractivity contribution >= 4 is 29.3 Å². The Balaban J connectivity index is 1.57. The molecular formula is C18H18N2O2S. The first kappa shape index (κ1) is 15.6. The zero-order chi connectivity index (χ0) is 16.2. The molecule has 2 aromatic carbocycles. The number of thioether (sulfide) groups is 1. The molecule has 0 saturated heterocycles. The summed E-state index contributed by atoms with van der Waals surface area (Å²) in [5, 5.41) is 5.36. The molecule has 1 unspecified atom stereocenters. The van der Waals surface area contributed by atoms with Gasteiger partial charge in [-0.1, -0.05) is 42.0 Å². The Morgan fingerprint density at radius 2 is 2.04 bits per heavy atom. The van der Waals surface area contributed by atoms with Crippen LogP contribution in [-0.2, 0) is 16.1 Å². The SMILES string of the molecule is Cc1cccc(CNC(=O)CC2Sc3ccccc3NC2=O)c1. The highest BCUT2D eigenvalue weighted by atomic mass is 32.2. The fraction of sp³-hybridized carbons (Fsp3) is 0.222. The number of aryl methyl sites for hydroxylation is 1. The summed E-state index contributed by atoms with van der Waals surface area (Å²) in [6, 6.07) is 15.6. The minimum atomic E-state index is -0.387. The highest BCUT2D eigenvalue weighted by Gasteiger charge is 2.28. The molecule has 4 nitrogen and oxygen atoms in total. The van der Waals surface area contributed by atoms with Gasteiger partial charge < -0.3 is 10.6 Å². The van der Waals surface area contributed by atoms with Gasteiger partial charge in [0.15, 0.2) is 0 Å². The van der Waals surface area contributed by atoms with E-state index in [-0.39, 0.29) is 23.5 Å². The van der Waals surface area contributed by atoms with Crippen LogP contribution in [0.15, 0.2) is 53.4 Å². The lowest BCUT2D eigenvalue weighted by Crippen LogP contribution is -2.34. The highest BCUT2D eigenvalue weighted by molar-refractivity contribution is 8.01. The molecular weight excluding hydrogens is 308 g/mol. The number of nitrogens with one attached hydrogen (secondary N) is 2. The topological polar surface area (TPSA) is 58.2 Å². The van der Waals surface area contributed by atoms with Gasteiger partial charge in [0.25, 0.3) is 0 Å². The minimum Gasteiger partial charge on any atom is -0.352 e. The fourth-order valence-electron chi connectivity index (χ4n) is 2.49. The van der Waals surface area contributed by atoms with Crippen molar-refractivity contribution in [3.8, 4) is 0 Å². The van der Waals surface area contributed by atoms with E-state index in [1.54, 1.807) is 0 Å². The van der Waals surface area contributed by atoms with Crippen molar-refractivity contribution in [2.45, 2.75) is 30.0 Å². The van der Waals surface area contributed by atoms with Gasteiger partial charge in [0.05, 0.1) is 10.9 Å². The molecule has 1 atom stereocenters. The van der Waals surface area contributed by atoms with Gasteiger partial charge in [-0.25, -0.2) is 0 Å². The van der Waals surface area contributed by atoms with Gasteiger partial charge in [0.2, 0.25) is 11.8 Å². The van der Waals surface area contributed by atoms with Crippen molar-refractivity contribution in [3.63, 3.8) is 0 Å². The third-order valence-electron chi connectivity index (χ3n) is 3.65. The monoisotopic (exact) mass is 326 g/mol. The van der Waals surface area contributed by atoms with Crippen LogP contribution in [0.25, 0.3) is 0 Å². The maximum atomic E-state index is 12.1. The van der Waals surface area contributed by atoms with E-state index in [0.29, 0.717) is 6.54 Å². The number of rotatable bonds is 4. The molecule has 0 fully saturated rings. The number of hydrogen-bond acceptors (Lipinski definition) is 3. The van der Waals surface area contributed by atoms with Crippen molar-refractivity contribution in [2.75, 3.05) is 5.32 Å². The predicted octanol–water partition coefficient (Wildman–Crippen LogP) is 3.11. The molecule has 2 N–H and O–H groups in total. The largest absolute Gasteiger partial charge is 0.352 e. The minimum absolute atomic E-state index is 0.112. The molecule has 1 aliphatic rings. The van der Waals surface area contributed by atoms with Crippen LogP contribution < -0.4 is 10.6 Å². The molecule has 2 amide bonds. The smallest absolute Gasteiger partial charge is 0.238 e. The molecule has 0 aliphatic carbocycles. The van der Waals surface area contributed by atoms with Gasteiger partial charge >= 0.3 is 0 Å². The highest BCUT2D eigenvalue weighted by Crippen LogP contribution is 2.36. The summed E-state index contributed by atoms with van der Waals surface area (Å²) in [4.78, 5) is 25.2. The average Bonchev–Trinajstić information content (AvgIpc) is 2.54. The van der Waals surface area contributed by atoms with Gasteiger partial charge in [-0.15, -0.1) is 11.8 Å². The van der Waals surface area contributed by atoms with E-state index >= 15 is 0 Å². The second-order valence-corrected chi connectivity index (χ2v) is 6.81. The van der Waals surface area contributed by atoms with Crippen LogP contribution in [0, 0.1) is 6.92 Å². The van der Waals surface area contributed by atoms with Crippen molar-refractivity contribution < 1.29 is 9.59 Å². The summed E-state index contributed by atoms with van der Waals surface area (Å²) < 4.78 is 0. The van der Waals surface area contributed by atoms with Crippen LogP contribution in [-0.4, -0.2) is 17.1 Å². The second-order valence-electron chi connectivity index (χ2n) is 5.56. The van der Waals surface area contributed by atoms with Crippen molar-refractivity contribution in [2.24, 2.45) is 0 Å². The number of anilines is 1. The third kappa shape index (κ3) is 3.93. The number of benzene rings is 2. The molecule has 0 aromatic heterocycles. The van der Waals surface area contributed by atoms with E-state index in [1.165, 1.54) is 11.8 Å². The summed E-state index contributed by atoms with van der Waals surface area (Å²) in [6.45, 7) is 2.50. The molecule has 1 heterocycles. The van der Waals surface area contributed by atoms with Crippen molar-refractivity contribution in [1.29, 1.82) is 0 Å². The van der Waals surface area contributed by atoms with Gasteiger partial charge in [0, 0.05) is 17.9 Å². The fourth-order valence-corrected chi connectivity index (χ4v) is 3.60. The molecule has 0 radical (unpaired) electrons. The van der Waals surface area contributed by atoms with Gasteiger partial charge in [-0.3, -0.25) is 9.59 Å². The predicted molar refractivity (Wildman–Crippen MR) is 92.4 cm³/mol. The lowest BCUT2D eigenvalue weighted by Gasteiger charge is -2.23. The van der Waals surface area contributed by atoms with Crippen LogP contribution >= 0.6 is 11.8 Å². The molecule has 5 heteroatoms. The summed E-state index contributed by atoms with van der Waals surface area (Å²) in [7, 11) is 0. The Morgan fingerprint density at radius 3 is 2.87 bits per heavy atom. The first-order valence-electron chi connectivity index (χ1n) is 7.50. The van der Waals surface area contributed by atoms with Crippen LogP contribution in [0.2, 0.25) is 0 Å². The van der Waals surface area contributed by atoms with Gasteiger partial charge in [-0.05, 0) is 24.6 Å². The second kappa shape index (κ2) is 6.87. The number of para-hydroxylation sites is 1. The lowest BCUT2D eigenvalue weighted by atomic mass is 10.1. The average molecular weight is 326 g/mol. The molecule has 2 aromatic rings. The Kier molecular flexibility index (Phi) is 4.67. The number of hydrogen-bond donors (Lipinski definition) is 2. The summed E-state index contributed by atoms with van der Waals surface area (Å²) in [6.07, 6.45) is 0.177. The normalized spacial score (nSPS) is 16.4. The molecule has 0 bridgehead atoms. The Hall–Kier alpha value is -2.27. The molecule has 1 aliphatic heterocycles. The lowest BCUT2D eigenvalue weighted by molar-refractivity contribution is -0.124. The van der Waals surface area contributed by atoms with E-state index in [4.69, 9.17) is 0 Å². The molecule has 0 spiro atoms.